The number of aromatic nitrogens is 3. The standard InChI is InChI=1S/C16H14BrFN4S/c17-14-7-5-12(6-8-14)9-20-22-11-19-21-16(22)23-10-13-3-1-2-4-15(13)18/h1-8,11,20H,9-10H2. The number of rotatable bonds is 6. The largest absolute Gasteiger partial charge is 0.318 e. The zero-order valence-electron chi connectivity index (χ0n) is 12.1. The van der Waals surface area contributed by atoms with E-state index in [2.05, 4.69) is 31.6 Å². The van der Waals surface area contributed by atoms with Gasteiger partial charge in [0.2, 0.25) is 5.16 Å². The second-order valence-electron chi connectivity index (χ2n) is 4.82. The Bertz CT molecular complexity index is 776. The summed E-state index contributed by atoms with van der Waals surface area (Å²) in [6.45, 7) is 0.651. The molecule has 0 aliphatic rings. The molecule has 0 saturated carbocycles. The molecule has 118 valence electrons. The first kappa shape index (κ1) is 16.0. The van der Waals surface area contributed by atoms with E-state index in [0.29, 0.717) is 23.0 Å². The van der Waals surface area contributed by atoms with Gasteiger partial charge in [0.15, 0.2) is 0 Å². The van der Waals surface area contributed by atoms with Crippen LogP contribution in [0.25, 0.3) is 0 Å². The minimum Gasteiger partial charge on any atom is -0.318 e. The summed E-state index contributed by atoms with van der Waals surface area (Å²) in [6, 6.07) is 14.8. The topological polar surface area (TPSA) is 42.7 Å². The Morgan fingerprint density at radius 2 is 1.91 bits per heavy atom. The third-order valence-electron chi connectivity index (χ3n) is 3.20. The van der Waals surface area contributed by atoms with E-state index in [0.717, 1.165) is 10.0 Å². The van der Waals surface area contributed by atoms with Gasteiger partial charge in [0.25, 0.3) is 0 Å². The summed E-state index contributed by atoms with van der Waals surface area (Å²) < 4.78 is 16.5. The van der Waals surface area contributed by atoms with Crippen LogP contribution in [0.4, 0.5) is 4.39 Å². The van der Waals surface area contributed by atoms with Crippen molar-refractivity contribution in [3.8, 4) is 0 Å². The molecule has 1 aromatic heterocycles. The normalized spacial score (nSPS) is 10.7. The summed E-state index contributed by atoms with van der Waals surface area (Å²) in [5.74, 6) is 0.305. The summed E-state index contributed by atoms with van der Waals surface area (Å²) >= 11 is 4.85. The van der Waals surface area contributed by atoms with Crippen LogP contribution in [0.15, 0.2) is 64.5 Å². The highest BCUT2D eigenvalue weighted by atomic mass is 79.9. The van der Waals surface area contributed by atoms with Gasteiger partial charge in [-0.25, -0.2) is 9.07 Å². The molecule has 0 spiro atoms. The van der Waals surface area contributed by atoms with Crippen LogP contribution in [0.3, 0.4) is 0 Å². The number of hydrogen-bond acceptors (Lipinski definition) is 4. The first-order chi connectivity index (χ1) is 11.2. The van der Waals surface area contributed by atoms with E-state index >= 15 is 0 Å². The number of thioether (sulfide) groups is 1. The highest BCUT2D eigenvalue weighted by molar-refractivity contribution is 9.10. The van der Waals surface area contributed by atoms with Gasteiger partial charge in [0.05, 0.1) is 6.54 Å². The monoisotopic (exact) mass is 392 g/mol. The van der Waals surface area contributed by atoms with Crippen LogP contribution < -0.4 is 5.43 Å². The lowest BCUT2D eigenvalue weighted by Gasteiger charge is -2.10. The number of halogens is 2. The van der Waals surface area contributed by atoms with Gasteiger partial charge >= 0.3 is 0 Å². The summed E-state index contributed by atoms with van der Waals surface area (Å²) in [5.41, 5.74) is 5.04. The Morgan fingerprint density at radius 1 is 1.13 bits per heavy atom. The number of hydrogen-bond donors (Lipinski definition) is 1. The van der Waals surface area contributed by atoms with Gasteiger partial charge in [0.1, 0.15) is 12.1 Å². The maximum absolute atomic E-state index is 13.6. The van der Waals surface area contributed by atoms with Crippen LogP contribution in [0.5, 0.6) is 0 Å². The molecule has 0 aliphatic carbocycles. The fourth-order valence-corrected chi connectivity index (χ4v) is 3.11. The molecule has 0 unspecified atom stereocenters. The van der Waals surface area contributed by atoms with Crippen molar-refractivity contribution in [1.82, 2.24) is 14.9 Å². The molecule has 3 rings (SSSR count). The second kappa shape index (κ2) is 7.61. The van der Waals surface area contributed by atoms with Crippen LogP contribution in [-0.4, -0.2) is 14.9 Å². The van der Waals surface area contributed by atoms with Gasteiger partial charge in [-0.15, -0.1) is 10.2 Å². The van der Waals surface area contributed by atoms with E-state index in [1.54, 1.807) is 23.1 Å². The summed E-state index contributed by atoms with van der Waals surface area (Å²) in [6.07, 6.45) is 1.61. The Labute approximate surface area is 146 Å². The van der Waals surface area contributed by atoms with Gasteiger partial charge in [-0.1, -0.05) is 58.0 Å². The first-order valence-corrected chi connectivity index (χ1v) is 8.75. The van der Waals surface area contributed by atoms with Crippen molar-refractivity contribution in [3.63, 3.8) is 0 Å². The van der Waals surface area contributed by atoms with Crippen molar-refractivity contribution in [1.29, 1.82) is 0 Å². The smallest absolute Gasteiger partial charge is 0.210 e. The van der Waals surface area contributed by atoms with E-state index in [-0.39, 0.29) is 5.82 Å². The lowest BCUT2D eigenvalue weighted by molar-refractivity contribution is 0.617. The highest BCUT2D eigenvalue weighted by Crippen LogP contribution is 2.21. The molecule has 0 atom stereocenters. The quantitative estimate of drug-likeness (QED) is 0.637. The van der Waals surface area contributed by atoms with E-state index < -0.39 is 0 Å². The fraction of sp³-hybridized carbons (Fsp3) is 0.125. The Kier molecular flexibility index (Phi) is 5.30. The van der Waals surface area contributed by atoms with Gasteiger partial charge < -0.3 is 5.43 Å². The predicted octanol–water partition coefficient (Wildman–Crippen LogP) is 4.22. The van der Waals surface area contributed by atoms with Gasteiger partial charge in [0, 0.05) is 10.2 Å². The minimum absolute atomic E-state index is 0.200. The van der Waals surface area contributed by atoms with Crippen LogP contribution in [0.2, 0.25) is 0 Å². The number of benzene rings is 2. The Morgan fingerprint density at radius 3 is 2.70 bits per heavy atom. The maximum atomic E-state index is 13.6. The van der Waals surface area contributed by atoms with E-state index in [1.165, 1.54) is 17.8 Å². The fourth-order valence-electron chi connectivity index (χ4n) is 1.97. The van der Waals surface area contributed by atoms with Crippen molar-refractivity contribution < 1.29 is 4.39 Å². The molecular formula is C16H14BrFN4S. The lowest BCUT2D eigenvalue weighted by atomic mass is 10.2. The lowest BCUT2D eigenvalue weighted by Crippen LogP contribution is -2.14. The molecule has 0 amide bonds. The molecule has 0 fully saturated rings. The van der Waals surface area contributed by atoms with Crippen molar-refractivity contribution in [2.75, 3.05) is 5.43 Å². The average molecular weight is 393 g/mol. The van der Waals surface area contributed by atoms with Crippen molar-refractivity contribution in [2.45, 2.75) is 17.5 Å². The molecule has 0 radical (unpaired) electrons. The van der Waals surface area contributed by atoms with Crippen LogP contribution >= 0.6 is 27.7 Å². The molecule has 0 aliphatic heterocycles. The number of nitrogens with zero attached hydrogens (tertiary/aromatic N) is 3. The molecule has 1 heterocycles. The van der Waals surface area contributed by atoms with Crippen molar-refractivity contribution in [3.05, 3.63) is 76.3 Å². The summed E-state index contributed by atoms with van der Waals surface area (Å²) in [5, 5.41) is 8.68. The highest BCUT2D eigenvalue weighted by Gasteiger charge is 2.07. The third-order valence-corrected chi connectivity index (χ3v) is 4.72. The molecule has 4 nitrogen and oxygen atoms in total. The molecule has 0 saturated heterocycles. The zero-order chi connectivity index (χ0) is 16.1. The Balaban J connectivity index is 1.61. The van der Waals surface area contributed by atoms with Gasteiger partial charge in [-0.3, -0.25) is 0 Å². The van der Waals surface area contributed by atoms with E-state index in [9.17, 15) is 4.39 Å². The summed E-state index contributed by atoms with van der Waals surface area (Å²) in [4.78, 5) is 0. The Hall–Kier alpha value is -1.86. The molecule has 7 heteroatoms. The van der Waals surface area contributed by atoms with Crippen LogP contribution in [-0.2, 0) is 12.3 Å². The van der Waals surface area contributed by atoms with Gasteiger partial charge in [-0.2, -0.15) is 0 Å². The third kappa shape index (κ3) is 4.33. The van der Waals surface area contributed by atoms with Crippen molar-refractivity contribution in [2.24, 2.45) is 0 Å². The predicted molar refractivity (Wildman–Crippen MR) is 93.2 cm³/mol. The molecule has 1 N–H and O–H groups in total. The average Bonchev–Trinajstić information content (AvgIpc) is 3.01. The molecular weight excluding hydrogens is 379 g/mol. The molecule has 23 heavy (non-hydrogen) atoms. The SMILES string of the molecule is Fc1ccccc1CSc1nncn1NCc1ccc(Br)cc1. The minimum atomic E-state index is -0.200. The van der Waals surface area contributed by atoms with Crippen LogP contribution in [0.1, 0.15) is 11.1 Å². The zero-order valence-corrected chi connectivity index (χ0v) is 14.5. The molecule has 0 bridgehead atoms. The first-order valence-electron chi connectivity index (χ1n) is 6.97. The maximum Gasteiger partial charge on any atom is 0.210 e. The van der Waals surface area contributed by atoms with E-state index in [4.69, 9.17) is 0 Å². The number of nitrogens with one attached hydrogen (secondary N) is 1. The molecule has 3 aromatic rings. The van der Waals surface area contributed by atoms with Gasteiger partial charge in [-0.05, 0) is 29.3 Å². The van der Waals surface area contributed by atoms with E-state index in [1.807, 2.05) is 30.3 Å². The van der Waals surface area contributed by atoms with Crippen molar-refractivity contribution >= 4 is 27.7 Å². The summed E-state index contributed by atoms with van der Waals surface area (Å²) in [7, 11) is 0. The van der Waals surface area contributed by atoms with Crippen LogP contribution in [0, 0.1) is 5.82 Å². The second-order valence-corrected chi connectivity index (χ2v) is 6.68. The molecule has 2 aromatic carbocycles.